The quantitative estimate of drug-likeness (QED) is 0.893. The highest BCUT2D eigenvalue weighted by Crippen LogP contribution is 2.24. The molecule has 0 saturated carbocycles. The summed E-state index contributed by atoms with van der Waals surface area (Å²) >= 11 is 0. The van der Waals surface area contributed by atoms with Gasteiger partial charge in [-0.05, 0) is 32.0 Å². The van der Waals surface area contributed by atoms with Crippen LogP contribution in [0.25, 0.3) is 11.3 Å². The van der Waals surface area contributed by atoms with Gasteiger partial charge < -0.3 is 9.73 Å². The predicted octanol–water partition coefficient (Wildman–Crippen LogP) is 2.44. The third-order valence-corrected chi connectivity index (χ3v) is 6.08. The molecule has 1 atom stereocenters. The van der Waals surface area contributed by atoms with Crippen LogP contribution in [0.15, 0.2) is 39.8 Å². The molecule has 2 heterocycles. The fraction of sp³-hybridized carbons (Fsp3) is 0.438. The first-order valence-electron chi connectivity index (χ1n) is 7.70. The van der Waals surface area contributed by atoms with Crippen molar-refractivity contribution >= 4 is 22.4 Å². The third kappa shape index (κ3) is 3.80. The Kier molecular flexibility index (Phi) is 6.03. The Morgan fingerprint density at radius 1 is 1.29 bits per heavy atom. The lowest BCUT2D eigenvalue weighted by Gasteiger charge is -2.31. The van der Waals surface area contributed by atoms with Crippen molar-refractivity contribution in [2.24, 2.45) is 0 Å². The van der Waals surface area contributed by atoms with Crippen molar-refractivity contribution in [2.75, 3.05) is 20.1 Å². The van der Waals surface area contributed by atoms with Gasteiger partial charge in [-0.25, -0.2) is 13.4 Å². The highest BCUT2D eigenvalue weighted by atomic mass is 35.5. The van der Waals surface area contributed by atoms with Crippen LogP contribution in [-0.4, -0.2) is 43.9 Å². The lowest BCUT2D eigenvalue weighted by Crippen LogP contribution is -2.46. The van der Waals surface area contributed by atoms with Gasteiger partial charge in [-0.2, -0.15) is 4.31 Å². The van der Waals surface area contributed by atoms with Crippen LogP contribution in [0.3, 0.4) is 0 Å². The number of hydrogen-bond donors (Lipinski definition) is 1. The highest BCUT2D eigenvalue weighted by molar-refractivity contribution is 7.89. The number of sulfonamides is 1. The molecule has 0 bridgehead atoms. The molecule has 1 aromatic heterocycles. The predicted molar refractivity (Wildman–Crippen MR) is 94.8 cm³/mol. The van der Waals surface area contributed by atoms with Crippen LogP contribution in [0.5, 0.6) is 0 Å². The largest absolute Gasteiger partial charge is 0.449 e. The maximum atomic E-state index is 12.8. The van der Waals surface area contributed by atoms with Crippen molar-refractivity contribution < 1.29 is 12.8 Å². The molecule has 0 radical (unpaired) electrons. The van der Waals surface area contributed by atoms with E-state index in [1.54, 1.807) is 41.8 Å². The van der Waals surface area contributed by atoms with Crippen molar-refractivity contribution in [1.29, 1.82) is 0 Å². The summed E-state index contributed by atoms with van der Waals surface area (Å²) in [5, 5.41) is 3.17. The van der Waals surface area contributed by atoms with Gasteiger partial charge >= 0.3 is 0 Å². The lowest BCUT2D eigenvalue weighted by molar-refractivity contribution is 0.293. The normalized spacial score (nSPS) is 19.0. The van der Waals surface area contributed by atoms with E-state index in [1.807, 2.05) is 7.05 Å². The number of nitrogens with zero attached hydrogens (tertiary/aromatic N) is 2. The van der Waals surface area contributed by atoms with Gasteiger partial charge in [0.15, 0.2) is 5.89 Å². The highest BCUT2D eigenvalue weighted by Gasteiger charge is 2.29. The van der Waals surface area contributed by atoms with Crippen LogP contribution in [0.1, 0.15) is 18.7 Å². The first-order valence-corrected chi connectivity index (χ1v) is 9.14. The van der Waals surface area contributed by atoms with E-state index in [-0.39, 0.29) is 18.4 Å². The van der Waals surface area contributed by atoms with Crippen molar-refractivity contribution in [2.45, 2.75) is 30.7 Å². The summed E-state index contributed by atoms with van der Waals surface area (Å²) in [6, 6.07) is 7.03. The summed E-state index contributed by atoms with van der Waals surface area (Å²) in [7, 11) is -1.58. The maximum absolute atomic E-state index is 12.8. The van der Waals surface area contributed by atoms with Gasteiger partial charge in [0.2, 0.25) is 10.0 Å². The number of piperidine rings is 1. The minimum absolute atomic E-state index is 0. The van der Waals surface area contributed by atoms with Gasteiger partial charge in [-0.1, -0.05) is 12.1 Å². The number of likely N-dealkylation sites (N-methyl/N-ethyl adjacent to an activating group) is 1. The van der Waals surface area contributed by atoms with Gasteiger partial charge in [-0.3, -0.25) is 0 Å². The fourth-order valence-corrected chi connectivity index (χ4v) is 4.36. The van der Waals surface area contributed by atoms with Crippen LogP contribution >= 0.6 is 12.4 Å². The molecule has 1 unspecified atom stereocenters. The average molecular weight is 372 g/mol. The second kappa shape index (κ2) is 7.65. The maximum Gasteiger partial charge on any atom is 0.243 e. The van der Waals surface area contributed by atoms with Crippen molar-refractivity contribution in [1.82, 2.24) is 14.6 Å². The van der Waals surface area contributed by atoms with E-state index in [0.29, 0.717) is 29.6 Å². The standard InChI is InChI=1S/C16H21N3O3S.ClH/c1-12-18-16(11-22-12)13-5-7-15(8-6-13)23(20,21)19-9-3-4-14(10-19)17-2;/h5-8,11,14,17H,3-4,9-10H2,1-2H3;1H. The van der Waals surface area contributed by atoms with E-state index in [2.05, 4.69) is 10.3 Å². The zero-order valence-electron chi connectivity index (χ0n) is 13.7. The summed E-state index contributed by atoms with van der Waals surface area (Å²) in [6.45, 7) is 2.87. The van der Waals surface area contributed by atoms with E-state index < -0.39 is 10.0 Å². The monoisotopic (exact) mass is 371 g/mol. The number of oxazole rings is 1. The third-order valence-electron chi connectivity index (χ3n) is 4.20. The van der Waals surface area contributed by atoms with Gasteiger partial charge in [0.25, 0.3) is 0 Å². The van der Waals surface area contributed by atoms with Crippen LogP contribution in [0.2, 0.25) is 0 Å². The van der Waals surface area contributed by atoms with E-state index in [1.165, 1.54) is 0 Å². The molecule has 2 aromatic rings. The van der Waals surface area contributed by atoms with Gasteiger partial charge in [0.05, 0.1) is 4.90 Å². The molecule has 0 amide bonds. The Hall–Kier alpha value is -1.41. The molecule has 3 rings (SSSR count). The molecule has 1 aromatic carbocycles. The minimum atomic E-state index is -3.45. The summed E-state index contributed by atoms with van der Waals surface area (Å²) < 4.78 is 32.3. The Morgan fingerprint density at radius 3 is 2.58 bits per heavy atom. The van der Waals surface area contributed by atoms with Crippen LogP contribution in [0, 0.1) is 6.92 Å². The van der Waals surface area contributed by atoms with Crippen LogP contribution in [0.4, 0.5) is 0 Å². The first-order chi connectivity index (χ1) is 11.0. The second-order valence-corrected chi connectivity index (χ2v) is 7.70. The molecule has 1 fully saturated rings. The first kappa shape index (κ1) is 18.9. The number of benzene rings is 1. The molecule has 1 aliphatic heterocycles. The zero-order valence-corrected chi connectivity index (χ0v) is 15.4. The molecule has 0 aliphatic carbocycles. The van der Waals surface area contributed by atoms with E-state index >= 15 is 0 Å². The summed E-state index contributed by atoms with van der Waals surface area (Å²) in [5.41, 5.74) is 1.55. The van der Waals surface area contributed by atoms with E-state index in [9.17, 15) is 8.42 Å². The summed E-state index contributed by atoms with van der Waals surface area (Å²) in [5.74, 6) is 0.586. The zero-order chi connectivity index (χ0) is 16.4. The SMILES string of the molecule is CNC1CCCN(S(=O)(=O)c2ccc(-c3coc(C)n3)cc2)C1.Cl. The molecule has 1 saturated heterocycles. The number of aromatic nitrogens is 1. The number of rotatable bonds is 4. The van der Waals surface area contributed by atoms with Crippen molar-refractivity contribution in [3.8, 4) is 11.3 Å². The molecule has 0 spiro atoms. The molecule has 1 aliphatic rings. The number of aryl methyl sites for hydroxylation is 1. The van der Waals surface area contributed by atoms with Gasteiger partial charge in [0, 0.05) is 31.6 Å². The number of halogens is 1. The molecular weight excluding hydrogens is 350 g/mol. The van der Waals surface area contributed by atoms with Crippen LogP contribution in [-0.2, 0) is 10.0 Å². The molecule has 6 nitrogen and oxygen atoms in total. The van der Waals surface area contributed by atoms with Gasteiger partial charge in [-0.15, -0.1) is 12.4 Å². The molecule has 8 heteroatoms. The van der Waals surface area contributed by atoms with E-state index in [0.717, 1.165) is 18.4 Å². The van der Waals surface area contributed by atoms with Crippen molar-refractivity contribution in [3.63, 3.8) is 0 Å². The molecular formula is C16H22ClN3O3S. The van der Waals surface area contributed by atoms with Crippen LogP contribution < -0.4 is 5.32 Å². The van der Waals surface area contributed by atoms with E-state index in [4.69, 9.17) is 4.42 Å². The second-order valence-electron chi connectivity index (χ2n) is 5.77. The molecule has 24 heavy (non-hydrogen) atoms. The average Bonchev–Trinajstić information content (AvgIpc) is 3.01. The number of nitrogens with one attached hydrogen (secondary N) is 1. The summed E-state index contributed by atoms with van der Waals surface area (Å²) in [6.07, 6.45) is 3.45. The Morgan fingerprint density at radius 2 is 2.00 bits per heavy atom. The number of hydrogen-bond acceptors (Lipinski definition) is 5. The fourth-order valence-electron chi connectivity index (χ4n) is 2.84. The molecule has 132 valence electrons. The smallest absolute Gasteiger partial charge is 0.243 e. The molecule has 1 N–H and O–H groups in total. The Balaban J connectivity index is 0.00000208. The Bertz CT molecular complexity index is 774. The Labute approximate surface area is 148 Å². The van der Waals surface area contributed by atoms with Gasteiger partial charge in [0.1, 0.15) is 12.0 Å². The van der Waals surface area contributed by atoms with Crippen molar-refractivity contribution in [3.05, 3.63) is 36.4 Å². The minimum Gasteiger partial charge on any atom is -0.449 e. The lowest BCUT2D eigenvalue weighted by atomic mass is 10.1. The summed E-state index contributed by atoms with van der Waals surface area (Å²) in [4.78, 5) is 4.57. The topological polar surface area (TPSA) is 75.4 Å².